The summed E-state index contributed by atoms with van der Waals surface area (Å²) in [5.41, 5.74) is 2.66. The van der Waals surface area contributed by atoms with Crippen molar-refractivity contribution in [3.8, 4) is 0 Å². The Morgan fingerprint density at radius 2 is 1.17 bits per heavy atom. The molecule has 0 bridgehead atoms. The first-order chi connectivity index (χ1) is 14.6. The minimum absolute atomic E-state index is 0.0206. The van der Waals surface area contributed by atoms with Crippen LogP contribution in [0.2, 0.25) is 0 Å². The van der Waals surface area contributed by atoms with Gasteiger partial charge in [0.2, 0.25) is 0 Å². The smallest absolute Gasteiger partial charge is 0.327 e. The van der Waals surface area contributed by atoms with Crippen LogP contribution in [0.3, 0.4) is 0 Å². The molecule has 4 atom stereocenters. The average Bonchev–Trinajstić information content (AvgIpc) is 3.50. The summed E-state index contributed by atoms with van der Waals surface area (Å²) in [6.07, 6.45) is 5.79. The molecule has 2 aromatic rings. The molecule has 2 fully saturated rings. The minimum atomic E-state index is -0.282. The molecule has 2 aromatic carbocycles. The molecule has 0 N–H and O–H groups in total. The second kappa shape index (κ2) is 11.2. The number of halogens is 1. The van der Waals surface area contributed by atoms with Gasteiger partial charge in [-0.05, 0) is 61.5 Å². The van der Waals surface area contributed by atoms with E-state index in [0.29, 0.717) is 11.8 Å². The van der Waals surface area contributed by atoms with Crippen molar-refractivity contribution >= 4 is 23.8 Å². The summed E-state index contributed by atoms with van der Waals surface area (Å²) in [6.45, 7) is 0. The van der Waals surface area contributed by atoms with Crippen LogP contribution >= 0.6 is 11.9 Å². The lowest BCUT2D eigenvalue weighted by molar-refractivity contribution is -0.145. The van der Waals surface area contributed by atoms with Crippen molar-refractivity contribution in [3.63, 3.8) is 0 Å². The van der Waals surface area contributed by atoms with Crippen LogP contribution in [0.4, 0.5) is 0 Å². The van der Waals surface area contributed by atoms with Crippen molar-refractivity contribution in [1.82, 2.24) is 0 Å². The predicted octanol–water partition coefficient (Wildman–Crippen LogP) is 6.01. The Balaban J connectivity index is 0.000000171. The normalized spacial score (nSPS) is 25.1. The van der Waals surface area contributed by atoms with Gasteiger partial charge >= 0.3 is 11.9 Å². The van der Waals surface area contributed by atoms with Crippen LogP contribution in [0.25, 0.3) is 0 Å². The van der Waals surface area contributed by atoms with Gasteiger partial charge < -0.3 is 9.03 Å². The topological polar surface area (TPSA) is 52.6 Å². The van der Waals surface area contributed by atoms with E-state index in [1.165, 1.54) is 18.2 Å². The van der Waals surface area contributed by atoms with Crippen molar-refractivity contribution < 1.29 is 18.6 Å². The molecule has 0 unspecified atom stereocenters. The zero-order valence-corrected chi connectivity index (χ0v) is 18.1. The molecule has 0 amide bonds. The van der Waals surface area contributed by atoms with E-state index in [2.05, 4.69) is 40.7 Å². The van der Waals surface area contributed by atoms with Crippen molar-refractivity contribution in [2.24, 2.45) is 11.8 Å². The Kier molecular flexibility index (Phi) is 8.32. The summed E-state index contributed by atoms with van der Waals surface area (Å²) in [4.78, 5) is 22.6. The van der Waals surface area contributed by atoms with E-state index in [-0.39, 0.29) is 23.8 Å². The van der Waals surface area contributed by atoms with Gasteiger partial charge in [-0.1, -0.05) is 60.7 Å². The number of esters is 1. The van der Waals surface area contributed by atoms with Crippen molar-refractivity contribution in [2.45, 2.75) is 50.4 Å². The van der Waals surface area contributed by atoms with E-state index in [0.717, 1.165) is 38.5 Å². The quantitative estimate of drug-likeness (QED) is 0.559. The predicted molar refractivity (Wildman–Crippen MR) is 117 cm³/mol. The summed E-state index contributed by atoms with van der Waals surface area (Å²) in [6, 6.07) is 20.7. The van der Waals surface area contributed by atoms with E-state index in [1.807, 2.05) is 24.3 Å². The third kappa shape index (κ3) is 5.85. The maximum Gasteiger partial charge on any atom is 0.327 e. The van der Waals surface area contributed by atoms with Gasteiger partial charge in [0.15, 0.2) is 0 Å². The molecule has 30 heavy (non-hydrogen) atoms. The Hall–Kier alpha value is -2.33. The number of rotatable bonds is 4. The van der Waals surface area contributed by atoms with Gasteiger partial charge in [0, 0.05) is 0 Å². The van der Waals surface area contributed by atoms with Crippen LogP contribution < -0.4 is 0 Å². The van der Waals surface area contributed by atoms with Gasteiger partial charge in [-0.3, -0.25) is 9.59 Å². The average molecular weight is 429 g/mol. The first kappa shape index (κ1) is 22.4. The molecule has 0 aromatic heterocycles. The summed E-state index contributed by atoms with van der Waals surface area (Å²) in [7, 11) is 1.47. The second-order valence-electron chi connectivity index (χ2n) is 8.15. The first-order valence-corrected chi connectivity index (χ1v) is 10.9. The van der Waals surface area contributed by atoms with E-state index < -0.39 is 0 Å². The summed E-state index contributed by atoms with van der Waals surface area (Å²) >= 11 is 5.08. The van der Waals surface area contributed by atoms with E-state index in [1.54, 1.807) is 0 Å². The van der Waals surface area contributed by atoms with Gasteiger partial charge in [0.25, 0.3) is 0 Å². The van der Waals surface area contributed by atoms with Crippen molar-refractivity contribution in [2.75, 3.05) is 7.11 Å². The number of benzene rings is 2. The highest BCUT2D eigenvalue weighted by Crippen LogP contribution is 2.39. The Morgan fingerprint density at radius 1 is 0.733 bits per heavy atom. The molecule has 5 heteroatoms. The molecule has 2 aliphatic rings. The number of ether oxygens (including phenoxy) is 1. The fourth-order valence-corrected chi connectivity index (χ4v) is 4.80. The zero-order valence-electron chi connectivity index (χ0n) is 17.3. The van der Waals surface area contributed by atoms with Crippen LogP contribution in [0, 0.1) is 11.8 Å². The molecule has 0 radical (unpaired) electrons. The fourth-order valence-electron chi connectivity index (χ4n) is 4.68. The largest absolute Gasteiger partial charge is 0.469 e. The Labute approximate surface area is 183 Å². The first-order valence-electron chi connectivity index (χ1n) is 10.6. The monoisotopic (exact) mass is 428 g/mol. The molecule has 4 nitrogen and oxygen atoms in total. The molecular weight excluding hydrogens is 400 g/mol. The SMILES string of the molecule is COC(=O)[C@H]1CC[C@H](c2ccccc2)C1.O=C(OCl)[C@H]1CC[C@H](c2ccccc2)C1. The molecule has 2 saturated carbocycles. The molecule has 160 valence electrons. The van der Waals surface area contributed by atoms with Gasteiger partial charge in [0.1, 0.15) is 11.9 Å². The fraction of sp³-hybridized carbons (Fsp3) is 0.440. The van der Waals surface area contributed by atoms with Crippen molar-refractivity contribution in [1.29, 1.82) is 0 Å². The Bertz CT molecular complexity index is 739. The van der Waals surface area contributed by atoms with Gasteiger partial charge in [-0.2, -0.15) is 0 Å². The lowest BCUT2D eigenvalue weighted by Crippen LogP contribution is -2.12. The van der Waals surface area contributed by atoms with Crippen LogP contribution in [0.1, 0.15) is 61.5 Å². The lowest BCUT2D eigenvalue weighted by Gasteiger charge is -2.10. The maximum atomic E-state index is 11.4. The van der Waals surface area contributed by atoms with Crippen LogP contribution in [-0.4, -0.2) is 19.0 Å². The number of carbonyl (C=O) groups excluding carboxylic acids is 2. The number of methoxy groups -OCH3 is 1. The molecule has 0 spiro atoms. The van der Waals surface area contributed by atoms with Crippen LogP contribution in [0.15, 0.2) is 60.7 Å². The van der Waals surface area contributed by atoms with E-state index in [9.17, 15) is 9.59 Å². The highest BCUT2D eigenvalue weighted by molar-refractivity contribution is 6.13. The summed E-state index contributed by atoms with van der Waals surface area (Å²) < 4.78 is 9.03. The zero-order chi connectivity index (χ0) is 21.3. The lowest BCUT2D eigenvalue weighted by atomic mass is 9.96. The van der Waals surface area contributed by atoms with Gasteiger partial charge in [-0.25, -0.2) is 0 Å². The van der Waals surface area contributed by atoms with Gasteiger partial charge in [0.05, 0.1) is 18.9 Å². The standard InChI is InChI=1S/C13H16O2.C12H13ClO2/c1-15-13(14)12-8-7-11(9-12)10-5-3-2-4-6-10;13-15-12(14)11-7-6-10(8-11)9-4-2-1-3-5-9/h2-6,11-12H,7-9H2,1H3;1-5,10-11H,6-8H2/t11-,12-;10-,11-/m00/s1. The summed E-state index contributed by atoms with van der Waals surface area (Å²) in [5, 5.41) is 0. The second-order valence-corrected chi connectivity index (χ2v) is 8.31. The molecule has 0 saturated heterocycles. The van der Waals surface area contributed by atoms with E-state index in [4.69, 9.17) is 16.6 Å². The molecular formula is C25H29ClO4. The third-order valence-corrected chi connectivity index (χ3v) is 6.50. The van der Waals surface area contributed by atoms with Crippen LogP contribution in [-0.2, 0) is 18.6 Å². The molecule has 0 aliphatic heterocycles. The summed E-state index contributed by atoms with van der Waals surface area (Å²) in [5.74, 6) is 0.777. The van der Waals surface area contributed by atoms with E-state index >= 15 is 0 Å². The van der Waals surface area contributed by atoms with Gasteiger partial charge in [-0.15, -0.1) is 0 Å². The molecule has 2 aliphatic carbocycles. The number of hydrogen-bond donors (Lipinski definition) is 0. The highest BCUT2D eigenvalue weighted by Gasteiger charge is 2.32. The molecule has 4 rings (SSSR count). The van der Waals surface area contributed by atoms with Crippen molar-refractivity contribution in [3.05, 3.63) is 71.8 Å². The van der Waals surface area contributed by atoms with Crippen LogP contribution in [0.5, 0.6) is 0 Å². The number of carbonyl (C=O) groups is 2. The molecule has 0 heterocycles. The highest BCUT2D eigenvalue weighted by atomic mass is 35.5. The Morgan fingerprint density at radius 3 is 1.57 bits per heavy atom. The number of hydrogen-bond acceptors (Lipinski definition) is 4. The minimum Gasteiger partial charge on any atom is -0.469 e. The maximum absolute atomic E-state index is 11.4. The third-order valence-electron chi connectivity index (χ3n) is 6.35.